The first-order valence-electron chi connectivity index (χ1n) is 5.93. The molecule has 2 aliphatic rings. The number of amides is 1. The van der Waals surface area contributed by atoms with Crippen molar-refractivity contribution in [2.24, 2.45) is 11.1 Å². The minimum absolute atomic E-state index is 0.0353. The third-order valence-corrected chi connectivity index (χ3v) is 3.85. The lowest BCUT2D eigenvalue weighted by molar-refractivity contribution is -0.157. The molecule has 1 saturated carbocycles. The van der Waals surface area contributed by atoms with E-state index in [1.54, 1.807) is 4.90 Å². The van der Waals surface area contributed by atoms with Crippen molar-refractivity contribution < 1.29 is 14.6 Å². The number of hydrogen-bond acceptors (Lipinski definition) is 4. The molecule has 0 aromatic rings. The molecule has 1 aliphatic carbocycles. The van der Waals surface area contributed by atoms with Gasteiger partial charge in [-0.3, -0.25) is 4.79 Å². The fraction of sp³-hybridized carbons (Fsp3) is 0.909. The fourth-order valence-corrected chi connectivity index (χ4v) is 2.49. The van der Waals surface area contributed by atoms with Crippen LogP contribution in [-0.4, -0.2) is 54.9 Å². The quantitative estimate of drug-likeness (QED) is 0.672. The summed E-state index contributed by atoms with van der Waals surface area (Å²) >= 11 is 0. The van der Waals surface area contributed by atoms with Crippen LogP contribution in [0.3, 0.4) is 0 Å². The van der Waals surface area contributed by atoms with E-state index in [9.17, 15) is 9.90 Å². The summed E-state index contributed by atoms with van der Waals surface area (Å²) in [5.41, 5.74) is 5.38. The molecule has 1 saturated heterocycles. The highest BCUT2D eigenvalue weighted by atomic mass is 16.5. The standard InChI is InChI=1S/C11H20N2O3/c12-8-11(2-1-3-11)10(15)13-4-5-16-7-9(13)6-14/h9,14H,1-8,12H2. The van der Waals surface area contributed by atoms with Gasteiger partial charge in [0.1, 0.15) is 0 Å². The Morgan fingerprint density at radius 3 is 2.81 bits per heavy atom. The Bertz CT molecular complexity index is 260. The van der Waals surface area contributed by atoms with Crippen molar-refractivity contribution in [3.05, 3.63) is 0 Å². The maximum absolute atomic E-state index is 12.4. The number of nitrogens with zero attached hydrogens (tertiary/aromatic N) is 1. The number of aliphatic hydroxyl groups excluding tert-OH is 1. The van der Waals surface area contributed by atoms with Crippen LogP contribution < -0.4 is 5.73 Å². The summed E-state index contributed by atoms with van der Waals surface area (Å²) < 4.78 is 5.27. The molecule has 1 atom stereocenters. The highest BCUT2D eigenvalue weighted by molar-refractivity contribution is 5.84. The maximum Gasteiger partial charge on any atom is 0.230 e. The average Bonchev–Trinajstić information content (AvgIpc) is 2.28. The first kappa shape index (κ1) is 11.8. The molecule has 16 heavy (non-hydrogen) atoms. The van der Waals surface area contributed by atoms with Crippen LogP contribution in [0.2, 0.25) is 0 Å². The van der Waals surface area contributed by atoms with E-state index in [0.717, 1.165) is 19.3 Å². The molecule has 1 aliphatic heterocycles. The van der Waals surface area contributed by atoms with Crippen molar-refractivity contribution in [2.45, 2.75) is 25.3 Å². The predicted molar refractivity (Wildman–Crippen MR) is 58.7 cm³/mol. The van der Waals surface area contributed by atoms with Gasteiger partial charge in [0.15, 0.2) is 0 Å². The zero-order valence-corrected chi connectivity index (χ0v) is 9.52. The van der Waals surface area contributed by atoms with Gasteiger partial charge < -0.3 is 20.5 Å². The Hall–Kier alpha value is -0.650. The van der Waals surface area contributed by atoms with Crippen LogP contribution in [0.15, 0.2) is 0 Å². The minimum atomic E-state index is -0.342. The lowest BCUT2D eigenvalue weighted by Gasteiger charge is -2.46. The van der Waals surface area contributed by atoms with E-state index in [2.05, 4.69) is 0 Å². The molecular weight excluding hydrogens is 208 g/mol. The number of carbonyl (C=O) groups is 1. The first-order chi connectivity index (χ1) is 7.73. The summed E-state index contributed by atoms with van der Waals surface area (Å²) in [7, 11) is 0. The van der Waals surface area contributed by atoms with Gasteiger partial charge in [0.25, 0.3) is 0 Å². The normalized spacial score (nSPS) is 28.6. The molecule has 5 nitrogen and oxygen atoms in total. The smallest absolute Gasteiger partial charge is 0.230 e. The Kier molecular flexibility index (Phi) is 3.47. The van der Waals surface area contributed by atoms with E-state index < -0.39 is 0 Å². The highest BCUT2D eigenvalue weighted by Crippen LogP contribution is 2.42. The van der Waals surface area contributed by atoms with Crippen molar-refractivity contribution in [1.29, 1.82) is 0 Å². The lowest BCUT2D eigenvalue weighted by Crippen LogP contribution is -2.59. The third-order valence-electron chi connectivity index (χ3n) is 3.85. The van der Waals surface area contributed by atoms with Crippen molar-refractivity contribution >= 4 is 5.91 Å². The van der Waals surface area contributed by atoms with Crippen molar-refractivity contribution in [3.63, 3.8) is 0 Å². The number of morpholine rings is 1. The fourth-order valence-electron chi connectivity index (χ4n) is 2.49. The van der Waals surface area contributed by atoms with Gasteiger partial charge in [0, 0.05) is 13.1 Å². The van der Waals surface area contributed by atoms with Crippen molar-refractivity contribution in [2.75, 3.05) is 32.9 Å². The Balaban J connectivity index is 2.07. The highest BCUT2D eigenvalue weighted by Gasteiger charge is 2.46. The van der Waals surface area contributed by atoms with Crippen LogP contribution in [0.4, 0.5) is 0 Å². The number of nitrogens with two attached hydrogens (primary N) is 1. The predicted octanol–water partition coefficient (Wildman–Crippen LogP) is -0.665. The number of aliphatic hydroxyl groups is 1. The molecule has 0 aromatic heterocycles. The molecular formula is C11H20N2O3. The average molecular weight is 228 g/mol. The molecule has 1 heterocycles. The first-order valence-corrected chi connectivity index (χ1v) is 5.93. The number of ether oxygens (including phenoxy) is 1. The molecule has 0 aromatic carbocycles. The van der Waals surface area contributed by atoms with E-state index in [4.69, 9.17) is 10.5 Å². The van der Waals surface area contributed by atoms with E-state index in [1.807, 2.05) is 0 Å². The van der Waals surface area contributed by atoms with E-state index in [1.165, 1.54) is 0 Å². The van der Waals surface area contributed by atoms with Gasteiger partial charge in [-0.15, -0.1) is 0 Å². The SMILES string of the molecule is NCC1(C(=O)N2CCOCC2CO)CCC1. The topological polar surface area (TPSA) is 75.8 Å². The van der Waals surface area contributed by atoms with Gasteiger partial charge in [-0.2, -0.15) is 0 Å². The summed E-state index contributed by atoms with van der Waals surface area (Å²) in [6.07, 6.45) is 2.85. The van der Waals surface area contributed by atoms with E-state index in [-0.39, 0.29) is 24.0 Å². The van der Waals surface area contributed by atoms with Gasteiger partial charge in [0.05, 0.1) is 31.3 Å². The largest absolute Gasteiger partial charge is 0.394 e. The molecule has 92 valence electrons. The summed E-state index contributed by atoms with van der Waals surface area (Å²) in [6.45, 7) is 1.95. The number of carbonyl (C=O) groups excluding carboxylic acids is 1. The van der Waals surface area contributed by atoms with Crippen molar-refractivity contribution in [1.82, 2.24) is 4.90 Å². The van der Waals surface area contributed by atoms with E-state index in [0.29, 0.717) is 26.3 Å². The van der Waals surface area contributed by atoms with Crippen LogP contribution in [0.25, 0.3) is 0 Å². The lowest BCUT2D eigenvalue weighted by atomic mass is 9.67. The second-order valence-electron chi connectivity index (χ2n) is 4.75. The molecule has 0 bridgehead atoms. The molecule has 0 spiro atoms. The van der Waals surface area contributed by atoms with Crippen LogP contribution in [0.1, 0.15) is 19.3 Å². The van der Waals surface area contributed by atoms with Gasteiger partial charge in [0.2, 0.25) is 5.91 Å². The van der Waals surface area contributed by atoms with Crippen molar-refractivity contribution in [3.8, 4) is 0 Å². The molecule has 1 unspecified atom stereocenters. The Morgan fingerprint density at radius 1 is 1.56 bits per heavy atom. The monoisotopic (exact) mass is 228 g/mol. The van der Waals surface area contributed by atoms with Gasteiger partial charge in [-0.25, -0.2) is 0 Å². The molecule has 2 fully saturated rings. The Morgan fingerprint density at radius 2 is 2.31 bits per heavy atom. The zero-order chi connectivity index (χ0) is 11.6. The van der Waals surface area contributed by atoms with Gasteiger partial charge in [-0.1, -0.05) is 6.42 Å². The summed E-state index contributed by atoms with van der Waals surface area (Å²) in [4.78, 5) is 14.1. The maximum atomic E-state index is 12.4. The Labute approximate surface area is 95.5 Å². The minimum Gasteiger partial charge on any atom is -0.394 e. The molecule has 5 heteroatoms. The van der Waals surface area contributed by atoms with Crippen LogP contribution >= 0.6 is 0 Å². The molecule has 2 rings (SSSR count). The number of hydrogen-bond donors (Lipinski definition) is 2. The summed E-state index contributed by atoms with van der Waals surface area (Å²) in [5, 5.41) is 9.23. The van der Waals surface area contributed by atoms with Gasteiger partial charge in [-0.05, 0) is 12.8 Å². The molecule has 0 radical (unpaired) electrons. The van der Waals surface area contributed by atoms with Crippen LogP contribution in [0.5, 0.6) is 0 Å². The molecule has 3 N–H and O–H groups in total. The third kappa shape index (κ3) is 1.83. The van der Waals surface area contributed by atoms with Gasteiger partial charge >= 0.3 is 0 Å². The second kappa shape index (κ2) is 4.69. The molecule has 1 amide bonds. The summed E-state index contributed by atoms with van der Waals surface area (Å²) in [6, 6.07) is -0.190. The summed E-state index contributed by atoms with van der Waals surface area (Å²) in [5.74, 6) is 0.114. The van der Waals surface area contributed by atoms with Crippen LogP contribution in [0, 0.1) is 5.41 Å². The number of rotatable bonds is 3. The second-order valence-corrected chi connectivity index (χ2v) is 4.75. The van der Waals surface area contributed by atoms with Crippen LogP contribution in [-0.2, 0) is 9.53 Å². The van der Waals surface area contributed by atoms with E-state index >= 15 is 0 Å². The zero-order valence-electron chi connectivity index (χ0n) is 9.52.